The van der Waals surface area contributed by atoms with Crippen LogP contribution in [0.25, 0.3) is 0 Å². The number of aryl methyl sites for hydroxylation is 2. The zero-order chi connectivity index (χ0) is 12.0. The van der Waals surface area contributed by atoms with E-state index in [9.17, 15) is 4.79 Å². The van der Waals surface area contributed by atoms with Gasteiger partial charge in [-0.2, -0.15) is 5.10 Å². The molecular weight excluding hydrogens is 317 g/mol. The molecule has 0 unspecified atom stereocenters. The smallest absolute Gasteiger partial charge is 0.221 e. The van der Waals surface area contributed by atoms with Gasteiger partial charge >= 0.3 is 0 Å². The molecule has 0 aliphatic rings. The van der Waals surface area contributed by atoms with Crippen LogP contribution in [0, 0.1) is 10.5 Å². The van der Waals surface area contributed by atoms with Crippen molar-refractivity contribution < 1.29 is 4.79 Å². The normalized spacial score (nSPS) is 10.4. The number of aromatic nitrogens is 2. The fourth-order valence-corrected chi connectivity index (χ4v) is 1.75. The highest BCUT2D eigenvalue weighted by atomic mass is 127. The van der Waals surface area contributed by atoms with Crippen LogP contribution in [-0.4, -0.2) is 22.2 Å². The first kappa shape index (κ1) is 13.5. The average molecular weight is 335 g/mol. The summed E-state index contributed by atoms with van der Waals surface area (Å²) in [5, 5.41) is 7.20. The van der Waals surface area contributed by atoms with E-state index in [4.69, 9.17) is 0 Å². The van der Waals surface area contributed by atoms with Gasteiger partial charge in [0.05, 0.1) is 9.26 Å². The van der Waals surface area contributed by atoms with Crippen molar-refractivity contribution in [1.82, 2.24) is 15.1 Å². The van der Waals surface area contributed by atoms with Crippen LogP contribution in [0.3, 0.4) is 0 Å². The molecule has 0 aliphatic carbocycles. The quantitative estimate of drug-likeness (QED) is 0.639. The maximum atomic E-state index is 11.4. The summed E-state index contributed by atoms with van der Waals surface area (Å²) in [6, 6.07) is 0. The van der Waals surface area contributed by atoms with Gasteiger partial charge in [0.15, 0.2) is 0 Å². The van der Waals surface area contributed by atoms with Crippen LogP contribution >= 0.6 is 22.6 Å². The van der Waals surface area contributed by atoms with Gasteiger partial charge in [-0.1, -0.05) is 13.3 Å². The first-order chi connectivity index (χ1) is 7.63. The molecule has 90 valence electrons. The van der Waals surface area contributed by atoms with Gasteiger partial charge in [0.2, 0.25) is 5.91 Å². The molecule has 4 nitrogen and oxygen atoms in total. The van der Waals surface area contributed by atoms with Gasteiger partial charge in [0, 0.05) is 25.7 Å². The van der Waals surface area contributed by atoms with Crippen LogP contribution in [0.1, 0.15) is 31.9 Å². The molecule has 0 aliphatic heterocycles. The van der Waals surface area contributed by atoms with Crippen molar-refractivity contribution >= 4 is 28.5 Å². The zero-order valence-corrected chi connectivity index (χ0v) is 12.0. The molecule has 16 heavy (non-hydrogen) atoms. The second kappa shape index (κ2) is 6.88. The Morgan fingerprint density at radius 1 is 1.62 bits per heavy atom. The van der Waals surface area contributed by atoms with Crippen molar-refractivity contribution in [2.24, 2.45) is 0 Å². The molecular formula is C11H18IN3O. The lowest BCUT2D eigenvalue weighted by molar-refractivity contribution is -0.121. The summed E-state index contributed by atoms with van der Waals surface area (Å²) in [4.78, 5) is 11.4. The molecule has 5 heteroatoms. The van der Waals surface area contributed by atoms with Crippen LogP contribution in [0.15, 0.2) is 6.20 Å². The van der Waals surface area contributed by atoms with Gasteiger partial charge < -0.3 is 5.32 Å². The number of carbonyl (C=O) groups excluding carboxylic acids is 1. The van der Waals surface area contributed by atoms with E-state index >= 15 is 0 Å². The number of rotatable bonds is 6. The Hall–Kier alpha value is -0.590. The van der Waals surface area contributed by atoms with Crippen LogP contribution in [0.5, 0.6) is 0 Å². The summed E-state index contributed by atoms with van der Waals surface area (Å²) < 4.78 is 2.97. The van der Waals surface area contributed by atoms with Crippen LogP contribution in [0.4, 0.5) is 0 Å². The molecule has 0 radical (unpaired) electrons. The average Bonchev–Trinajstić information content (AvgIpc) is 2.56. The lowest BCUT2D eigenvalue weighted by atomic mass is 10.3. The molecule has 1 rings (SSSR count). The Morgan fingerprint density at radius 2 is 2.38 bits per heavy atom. The summed E-state index contributed by atoms with van der Waals surface area (Å²) in [5.74, 6) is 0.108. The van der Waals surface area contributed by atoms with Gasteiger partial charge in [-0.15, -0.1) is 0 Å². The Bertz CT molecular complexity index is 329. The lowest BCUT2D eigenvalue weighted by Crippen LogP contribution is -2.25. The largest absolute Gasteiger partial charge is 0.356 e. The van der Waals surface area contributed by atoms with E-state index in [1.54, 1.807) is 0 Å². The molecule has 1 aromatic heterocycles. The van der Waals surface area contributed by atoms with E-state index in [0.29, 0.717) is 13.0 Å². The monoisotopic (exact) mass is 335 g/mol. The van der Waals surface area contributed by atoms with E-state index in [1.165, 1.54) is 0 Å². The van der Waals surface area contributed by atoms with Crippen LogP contribution < -0.4 is 5.32 Å². The molecule has 0 fully saturated rings. The highest BCUT2D eigenvalue weighted by Gasteiger charge is 2.04. The SMILES string of the molecule is CCCCNC(=O)CCn1cc(I)c(C)n1. The molecule has 0 aromatic carbocycles. The molecule has 1 amide bonds. The fraction of sp³-hybridized carbons (Fsp3) is 0.636. The van der Waals surface area contributed by atoms with Crippen molar-refractivity contribution in [3.8, 4) is 0 Å². The third kappa shape index (κ3) is 4.51. The fourth-order valence-electron chi connectivity index (χ4n) is 1.32. The van der Waals surface area contributed by atoms with Crippen molar-refractivity contribution in [2.45, 2.75) is 39.7 Å². The lowest BCUT2D eigenvalue weighted by Gasteiger charge is -2.04. The predicted octanol–water partition coefficient (Wildman–Crippen LogP) is 2.10. The Labute approximate surface area is 110 Å². The summed E-state index contributed by atoms with van der Waals surface area (Å²) >= 11 is 2.25. The van der Waals surface area contributed by atoms with E-state index in [1.807, 2.05) is 17.8 Å². The Morgan fingerprint density at radius 3 is 2.94 bits per heavy atom. The van der Waals surface area contributed by atoms with Gasteiger partial charge in [0.1, 0.15) is 0 Å². The Kier molecular flexibility index (Phi) is 5.79. The summed E-state index contributed by atoms with van der Waals surface area (Å²) in [7, 11) is 0. The molecule has 1 aromatic rings. The standard InChI is InChI=1S/C11H18IN3O/c1-3-4-6-13-11(16)5-7-15-8-10(12)9(2)14-15/h8H,3-7H2,1-2H3,(H,13,16). The maximum absolute atomic E-state index is 11.4. The molecule has 1 heterocycles. The molecule has 0 saturated heterocycles. The number of hydrogen-bond acceptors (Lipinski definition) is 2. The Balaban J connectivity index is 2.26. The highest BCUT2D eigenvalue weighted by molar-refractivity contribution is 14.1. The first-order valence-corrected chi connectivity index (χ1v) is 6.67. The topological polar surface area (TPSA) is 46.9 Å². The third-order valence-corrected chi connectivity index (χ3v) is 3.37. The van der Waals surface area contributed by atoms with Gasteiger partial charge in [-0.05, 0) is 35.9 Å². The van der Waals surface area contributed by atoms with Crippen molar-refractivity contribution in [2.75, 3.05) is 6.54 Å². The van der Waals surface area contributed by atoms with Crippen molar-refractivity contribution in [1.29, 1.82) is 0 Å². The minimum atomic E-state index is 0.108. The number of halogens is 1. The van der Waals surface area contributed by atoms with Gasteiger partial charge in [-0.25, -0.2) is 0 Å². The highest BCUT2D eigenvalue weighted by Crippen LogP contribution is 2.08. The molecule has 0 saturated carbocycles. The van der Waals surface area contributed by atoms with E-state index in [0.717, 1.165) is 28.7 Å². The number of hydrogen-bond donors (Lipinski definition) is 1. The van der Waals surface area contributed by atoms with E-state index < -0.39 is 0 Å². The van der Waals surface area contributed by atoms with Gasteiger partial charge in [-0.3, -0.25) is 9.48 Å². The maximum Gasteiger partial charge on any atom is 0.221 e. The minimum Gasteiger partial charge on any atom is -0.356 e. The zero-order valence-electron chi connectivity index (χ0n) is 9.79. The molecule has 0 atom stereocenters. The van der Waals surface area contributed by atoms with E-state index in [-0.39, 0.29) is 5.91 Å². The molecule has 0 spiro atoms. The van der Waals surface area contributed by atoms with Crippen LogP contribution in [0.2, 0.25) is 0 Å². The minimum absolute atomic E-state index is 0.108. The second-order valence-corrected chi connectivity index (χ2v) is 4.94. The summed E-state index contributed by atoms with van der Waals surface area (Å²) in [6.45, 7) is 5.52. The van der Waals surface area contributed by atoms with Crippen molar-refractivity contribution in [3.63, 3.8) is 0 Å². The van der Waals surface area contributed by atoms with Crippen LogP contribution in [-0.2, 0) is 11.3 Å². The van der Waals surface area contributed by atoms with Crippen molar-refractivity contribution in [3.05, 3.63) is 15.5 Å². The summed E-state index contributed by atoms with van der Waals surface area (Å²) in [5.41, 5.74) is 1.02. The first-order valence-electron chi connectivity index (χ1n) is 5.59. The third-order valence-electron chi connectivity index (χ3n) is 2.31. The molecule has 0 bridgehead atoms. The molecule has 1 N–H and O–H groups in total. The number of carbonyl (C=O) groups is 1. The number of unbranched alkanes of at least 4 members (excludes halogenated alkanes) is 1. The summed E-state index contributed by atoms with van der Waals surface area (Å²) in [6.07, 6.45) is 4.62. The second-order valence-electron chi connectivity index (χ2n) is 3.78. The van der Waals surface area contributed by atoms with Gasteiger partial charge in [0.25, 0.3) is 0 Å². The number of nitrogens with zero attached hydrogens (tertiary/aromatic N) is 2. The number of amides is 1. The number of nitrogens with one attached hydrogen (secondary N) is 1. The van der Waals surface area contributed by atoms with E-state index in [2.05, 4.69) is 39.9 Å². The predicted molar refractivity (Wildman–Crippen MR) is 72.2 cm³/mol.